The molecule has 100 valence electrons. The van der Waals surface area contributed by atoms with Crippen molar-refractivity contribution in [3.63, 3.8) is 0 Å². The standard InChI is InChI=1S/C14H19N5/c1-8-6-9(2)12(10(3)7-8)19-13(15)17-14(18-19)16-11-4-5-11/h6-7,11H,4-5H2,1-3H3,(H3,15,16,17,18). The van der Waals surface area contributed by atoms with E-state index in [-0.39, 0.29) is 0 Å². The molecule has 1 heterocycles. The molecule has 0 aliphatic heterocycles. The molecule has 3 rings (SSSR count). The van der Waals surface area contributed by atoms with Crippen molar-refractivity contribution in [3.05, 3.63) is 28.8 Å². The van der Waals surface area contributed by atoms with Crippen LogP contribution in [0.25, 0.3) is 5.69 Å². The summed E-state index contributed by atoms with van der Waals surface area (Å²) in [5.74, 6) is 1.05. The fourth-order valence-electron chi connectivity index (χ4n) is 2.47. The van der Waals surface area contributed by atoms with Gasteiger partial charge >= 0.3 is 0 Å². The van der Waals surface area contributed by atoms with Crippen LogP contribution in [0, 0.1) is 20.8 Å². The molecule has 0 amide bonds. The van der Waals surface area contributed by atoms with Crippen molar-refractivity contribution in [1.29, 1.82) is 0 Å². The van der Waals surface area contributed by atoms with Crippen molar-refractivity contribution >= 4 is 11.9 Å². The summed E-state index contributed by atoms with van der Waals surface area (Å²) in [6, 6.07) is 4.80. The maximum atomic E-state index is 5.99. The van der Waals surface area contributed by atoms with Gasteiger partial charge in [0.05, 0.1) is 5.69 Å². The number of anilines is 2. The topological polar surface area (TPSA) is 68.8 Å². The minimum atomic E-state index is 0.429. The molecule has 19 heavy (non-hydrogen) atoms. The van der Waals surface area contributed by atoms with Crippen LogP contribution in [0.5, 0.6) is 0 Å². The molecule has 0 radical (unpaired) electrons. The van der Waals surface area contributed by atoms with Gasteiger partial charge in [-0.3, -0.25) is 0 Å². The Morgan fingerprint density at radius 1 is 1.21 bits per heavy atom. The summed E-state index contributed by atoms with van der Waals surface area (Å²) in [7, 11) is 0. The van der Waals surface area contributed by atoms with Crippen LogP contribution < -0.4 is 11.1 Å². The minimum Gasteiger partial charge on any atom is -0.368 e. The monoisotopic (exact) mass is 257 g/mol. The zero-order valence-corrected chi connectivity index (χ0v) is 11.6. The molecule has 1 aliphatic carbocycles. The minimum absolute atomic E-state index is 0.429. The first-order valence-electron chi connectivity index (χ1n) is 6.62. The third kappa shape index (κ3) is 2.28. The SMILES string of the molecule is Cc1cc(C)c(-n2nc(NC3CC3)nc2N)c(C)c1. The normalized spacial score (nSPS) is 14.7. The van der Waals surface area contributed by atoms with Gasteiger partial charge in [0.15, 0.2) is 0 Å². The van der Waals surface area contributed by atoms with Crippen LogP contribution in [-0.2, 0) is 0 Å². The van der Waals surface area contributed by atoms with E-state index < -0.39 is 0 Å². The molecule has 0 bridgehead atoms. The summed E-state index contributed by atoms with van der Waals surface area (Å²) in [6.07, 6.45) is 2.38. The molecular formula is C14H19N5. The van der Waals surface area contributed by atoms with Crippen LogP contribution >= 0.6 is 0 Å². The molecule has 5 heteroatoms. The third-order valence-corrected chi connectivity index (χ3v) is 3.39. The highest BCUT2D eigenvalue weighted by Gasteiger charge is 2.23. The Kier molecular flexibility index (Phi) is 2.69. The number of hydrogen-bond donors (Lipinski definition) is 2. The van der Waals surface area contributed by atoms with E-state index in [4.69, 9.17) is 5.73 Å². The van der Waals surface area contributed by atoms with Crippen LogP contribution in [0.15, 0.2) is 12.1 Å². The van der Waals surface area contributed by atoms with E-state index >= 15 is 0 Å². The second-order valence-corrected chi connectivity index (χ2v) is 5.37. The predicted molar refractivity (Wildman–Crippen MR) is 76.6 cm³/mol. The summed E-state index contributed by atoms with van der Waals surface area (Å²) in [5, 5.41) is 7.76. The number of nitrogens with zero attached hydrogens (tertiary/aromatic N) is 3. The smallest absolute Gasteiger partial charge is 0.244 e. The largest absolute Gasteiger partial charge is 0.368 e. The van der Waals surface area contributed by atoms with Gasteiger partial charge in [-0.25, -0.2) is 0 Å². The van der Waals surface area contributed by atoms with Crippen molar-refractivity contribution in [2.45, 2.75) is 39.7 Å². The van der Waals surface area contributed by atoms with Crippen LogP contribution in [-0.4, -0.2) is 20.8 Å². The molecule has 5 nitrogen and oxygen atoms in total. The number of nitrogen functional groups attached to an aromatic ring is 1. The van der Waals surface area contributed by atoms with Crippen molar-refractivity contribution in [3.8, 4) is 5.69 Å². The van der Waals surface area contributed by atoms with E-state index in [1.165, 1.54) is 18.4 Å². The molecule has 0 spiro atoms. The number of nitrogens with two attached hydrogens (primary N) is 1. The highest BCUT2D eigenvalue weighted by molar-refractivity contribution is 5.52. The summed E-state index contributed by atoms with van der Waals surface area (Å²) in [5.41, 5.74) is 10.6. The van der Waals surface area contributed by atoms with Crippen LogP contribution in [0.1, 0.15) is 29.5 Å². The van der Waals surface area contributed by atoms with Crippen molar-refractivity contribution in [1.82, 2.24) is 14.8 Å². The lowest BCUT2D eigenvalue weighted by Gasteiger charge is -2.11. The Labute approximate surface area is 112 Å². The van der Waals surface area contributed by atoms with Gasteiger partial charge in [-0.2, -0.15) is 9.67 Å². The highest BCUT2D eigenvalue weighted by Crippen LogP contribution is 2.26. The van der Waals surface area contributed by atoms with Gasteiger partial charge in [0.1, 0.15) is 0 Å². The lowest BCUT2D eigenvalue weighted by Crippen LogP contribution is -2.07. The highest BCUT2D eigenvalue weighted by atomic mass is 15.4. The summed E-state index contributed by atoms with van der Waals surface area (Å²) >= 11 is 0. The Balaban J connectivity index is 2.03. The number of aryl methyl sites for hydroxylation is 3. The molecule has 1 saturated carbocycles. The zero-order chi connectivity index (χ0) is 13.6. The first-order valence-corrected chi connectivity index (χ1v) is 6.62. The van der Waals surface area contributed by atoms with Crippen LogP contribution in [0.4, 0.5) is 11.9 Å². The van der Waals surface area contributed by atoms with Gasteiger partial charge in [-0.1, -0.05) is 17.7 Å². The van der Waals surface area contributed by atoms with E-state index in [2.05, 4.69) is 48.3 Å². The fraction of sp³-hybridized carbons (Fsp3) is 0.429. The first kappa shape index (κ1) is 12.0. The average Bonchev–Trinajstić information content (AvgIpc) is 3.03. The maximum absolute atomic E-state index is 5.99. The average molecular weight is 257 g/mol. The van der Waals surface area contributed by atoms with Crippen molar-refractivity contribution in [2.24, 2.45) is 0 Å². The quantitative estimate of drug-likeness (QED) is 0.885. The molecule has 1 aromatic heterocycles. The van der Waals surface area contributed by atoms with E-state index in [9.17, 15) is 0 Å². The Hall–Kier alpha value is -2.04. The molecular weight excluding hydrogens is 238 g/mol. The van der Waals surface area contributed by atoms with E-state index in [1.807, 2.05) is 0 Å². The van der Waals surface area contributed by atoms with Gasteiger partial charge in [-0.15, -0.1) is 5.10 Å². The Morgan fingerprint density at radius 2 is 1.84 bits per heavy atom. The number of hydrogen-bond acceptors (Lipinski definition) is 4. The molecule has 1 aromatic carbocycles. The maximum Gasteiger partial charge on any atom is 0.244 e. The number of benzene rings is 1. The number of rotatable bonds is 3. The third-order valence-electron chi connectivity index (χ3n) is 3.39. The van der Waals surface area contributed by atoms with Gasteiger partial charge in [-0.05, 0) is 44.7 Å². The molecule has 1 fully saturated rings. The van der Waals surface area contributed by atoms with Gasteiger partial charge < -0.3 is 11.1 Å². The van der Waals surface area contributed by atoms with Crippen LogP contribution in [0.2, 0.25) is 0 Å². The van der Waals surface area contributed by atoms with E-state index in [0.717, 1.165) is 16.8 Å². The Morgan fingerprint density at radius 3 is 2.42 bits per heavy atom. The van der Waals surface area contributed by atoms with Gasteiger partial charge in [0.2, 0.25) is 11.9 Å². The van der Waals surface area contributed by atoms with Crippen molar-refractivity contribution < 1.29 is 0 Å². The summed E-state index contributed by atoms with van der Waals surface area (Å²) in [6.45, 7) is 6.24. The lowest BCUT2D eigenvalue weighted by molar-refractivity contribution is 0.871. The second kappa shape index (κ2) is 4.26. The first-order chi connectivity index (χ1) is 9.04. The molecule has 0 unspecified atom stereocenters. The number of nitrogens with one attached hydrogen (secondary N) is 1. The Bertz CT molecular complexity index is 602. The van der Waals surface area contributed by atoms with Crippen LogP contribution in [0.3, 0.4) is 0 Å². The zero-order valence-electron chi connectivity index (χ0n) is 11.6. The second-order valence-electron chi connectivity index (χ2n) is 5.37. The molecule has 3 N–H and O–H groups in total. The molecule has 0 atom stereocenters. The van der Waals surface area contributed by atoms with Crippen molar-refractivity contribution in [2.75, 3.05) is 11.1 Å². The summed E-state index contributed by atoms with van der Waals surface area (Å²) < 4.78 is 1.73. The van der Waals surface area contributed by atoms with Gasteiger partial charge in [0.25, 0.3) is 0 Å². The molecule has 0 saturated heterocycles. The fourth-order valence-corrected chi connectivity index (χ4v) is 2.47. The van der Waals surface area contributed by atoms with E-state index in [0.29, 0.717) is 17.9 Å². The molecule has 1 aliphatic rings. The summed E-state index contributed by atoms with van der Waals surface area (Å²) in [4.78, 5) is 4.29. The lowest BCUT2D eigenvalue weighted by atomic mass is 10.1. The number of aromatic nitrogens is 3. The predicted octanol–water partition coefficient (Wildman–Crippen LogP) is 2.35. The van der Waals surface area contributed by atoms with E-state index in [1.54, 1.807) is 4.68 Å². The van der Waals surface area contributed by atoms with Gasteiger partial charge in [0, 0.05) is 6.04 Å². The molecule has 2 aromatic rings.